The molecule has 0 aliphatic carbocycles. The minimum atomic E-state index is -5.10. The van der Waals surface area contributed by atoms with Crippen LogP contribution in [0.2, 0.25) is 0 Å². The fourth-order valence-electron chi connectivity index (χ4n) is 2.50. The van der Waals surface area contributed by atoms with Gasteiger partial charge in [-0.15, -0.1) is 0 Å². The Labute approximate surface area is 184 Å². The first-order valence-electron chi connectivity index (χ1n) is 7.38. The van der Waals surface area contributed by atoms with Crippen molar-refractivity contribution >= 4 is 27.1 Å². The van der Waals surface area contributed by atoms with E-state index in [0.717, 1.165) is 18.2 Å². The average Bonchev–Trinajstić information content (AvgIpc) is 2.60. The molecule has 2 aromatic carbocycles. The predicted molar refractivity (Wildman–Crippen MR) is 92.7 cm³/mol. The predicted octanol–water partition coefficient (Wildman–Crippen LogP) is -1.36. The summed E-state index contributed by atoms with van der Waals surface area (Å²) in [7, 11) is -3.75. The van der Waals surface area contributed by atoms with Crippen LogP contribution in [-0.4, -0.2) is 25.0 Å². The third kappa shape index (κ3) is 4.68. The summed E-state index contributed by atoms with van der Waals surface area (Å²) in [4.78, 5) is 23.0. The zero-order valence-electron chi connectivity index (χ0n) is 14.9. The normalized spacial score (nSPS) is 11.0. The standard InChI is InChI=1S/C16H11NO10S.Na/c1-25-9-3-4-10-13(7-9)26-16(27-28(22,23)24)14(15(10)19)8-2-5-12(18)11(6-8)17(20)21;/h2-7,18H,1H3,(H,22,23,24);/q;+1/p-1. The van der Waals surface area contributed by atoms with Crippen molar-refractivity contribution < 1.29 is 65.9 Å². The van der Waals surface area contributed by atoms with Gasteiger partial charge in [-0.05, 0) is 23.4 Å². The third-order valence-corrected chi connectivity index (χ3v) is 4.05. The maximum atomic E-state index is 12.9. The van der Waals surface area contributed by atoms with Gasteiger partial charge in [-0.2, -0.15) is 8.42 Å². The zero-order chi connectivity index (χ0) is 20.6. The van der Waals surface area contributed by atoms with Gasteiger partial charge < -0.3 is 18.4 Å². The van der Waals surface area contributed by atoms with Crippen LogP contribution in [0.5, 0.6) is 17.4 Å². The van der Waals surface area contributed by atoms with E-state index >= 15 is 0 Å². The molecule has 146 valence electrons. The van der Waals surface area contributed by atoms with E-state index in [1.807, 2.05) is 0 Å². The number of ether oxygens (including phenoxy) is 1. The fraction of sp³-hybridized carbons (Fsp3) is 0.0625. The summed E-state index contributed by atoms with van der Waals surface area (Å²) in [6.07, 6.45) is 0. The van der Waals surface area contributed by atoms with Crippen molar-refractivity contribution in [2.75, 3.05) is 7.11 Å². The Balaban J connectivity index is 0.00000300. The van der Waals surface area contributed by atoms with Gasteiger partial charge in [0.1, 0.15) is 16.9 Å². The van der Waals surface area contributed by atoms with E-state index in [0.29, 0.717) is 0 Å². The van der Waals surface area contributed by atoms with Crippen LogP contribution in [0.3, 0.4) is 0 Å². The van der Waals surface area contributed by atoms with E-state index in [2.05, 4.69) is 4.18 Å². The molecule has 0 spiro atoms. The number of nitro benzene ring substituents is 1. The summed E-state index contributed by atoms with van der Waals surface area (Å²) in [6, 6.07) is 6.73. The molecule has 13 heteroatoms. The van der Waals surface area contributed by atoms with Crippen LogP contribution in [0.4, 0.5) is 5.69 Å². The van der Waals surface area contributed by atoms with Gasteiger partial charge in [-0.1, -0.05) is 12.1 Å². The molecular formula is C16H10NNaO10S. The monoisotopic (exact) mass is 431 g/mol. The molecule has 0 saturated carbocycles. The van der Waals surface area contributed by atoms with Gasteiger partial charge in [-0.3, -0.25) is 19.5 Å². The Hall–Kier alpha value is -2.64. The molecule has 0 amide bonds. The molecule has 29 heavy (non-hydrogen) atoms. The van der Waals surface area contributed by atoms with Gasteiger partial charge >= 0.3 is 45.9 Å². The summed E-state index contributed by atoms with van der Waals surface area (Å²) in [5.41, 5.74) is -2.52. The van der Waals surface area contributed by atoms with Gasteiger partial charge in [0.2, 0.25) is 5.43 Å². The molecule has 0 saturated heterocycles. The average molecular weight is 431 g/mol. The van der Waals surface area contributed by atoms with Crippen LogP contribution in [0.25, 0.3) is 22.1 Å². The number of fused-ring (bicyclic) bond motifs is 1. The van der Waals surface area contributed by atoms with Crippen molar-refractivity contribution in [1.82, 2.24) is 0 Å². The molecule has 0 atom stereocenters. The fourth-order valence-corrected chi connectivity index (χ4v) is 2.81. The topological polar surface area (TPSA) is 169 Å². The van der Waals surface area contributed by atoms with Gasteiger partial charge in [0.15, 0.2) is 0 Å². The van der Waals surface area contributed by atoms with E-state index in [-0.39, 0.29) is 51.8 Å². The Bertz CT molecular complexity index is 1270. The number of benzene rings is 2. The molecule has 11 nitrogen and oxygen atoms in total. The van der Waals surface area contributed by atoms with Crippen LogP contribution in [0.15, 0.2) is 45.6 Å². The molecule has 1 aromatic heterocycles. The number of hydrogen-bond acceptors (Lipinski definition) is 9. The van der Waals surface area contributed by atoms with Crippen LogP contribution < -0.4 is 49.0 Å². The first-order chi connectivity index (χ1) is 13.1. The third-order valence-electron chi connectivity index (χ3n) is 3.69. The molecule has 1 N–H and O–H groups in total. The number of nitro groups is 1. The maximum Gasteiger partial charge on any atom is 1.00 e. The SMILES string of the molecule is COc1ccc2c(=O)c(-c3ccc([O-])c([N+](=O)[O-])c3)c(OS(=O)(=O)O)oc2c1.[Na+]. The van der Waals surface area contributed by atoms with Crippen molar-refractivity contribution in [3.8, 4) is 28.6 Å². The van der Waals surface area contributed by atoms with Crippen LogP contribution in [-0.2, 0) is 10.4 Å². The first-order valence-corrected chi connectivity index (χ1v) is 8.75. The molecule has 1 heterocycles. The summed E-state index contributed by atoms with van der Waals surface area (Å²) >= 11 is 0. The van der Waals surface area contributed by atoms with Gasteiger partial charge in [-0.25, -0.2) is 0 Å². The summed E-state index contributed by atoms with van der Waals surface area (Å²) in [5.74, 6) is -1.56. The van der Waals surface area contributed by atoms with Gasteiger partial charge in [0.25, 0.3) is 5.69 Å². The molecular weight excluding hydrogens is 421 g/mol. The van der Waals surface area contributed by atoms with Crippen molar-refractivity contribution in [1.29, 1.82) is 0 Å². The van der Waals surface area contributed by atoms with E-state index in [9.17, 15) is 28.4 Å². The van der Waals surface area contributed by atoms with E-state index < -0.39 is 43.7 Å². The number of methoxy groups -OCH3 is 1. The Morgan fingerprint density at radius 2 is 1.86 bits per heavy atom. The largest absolute Gasteiger partial charge is 1.00 e. The second kappa shape index (κ2) is 8.39. The number of rotatable bonds is 5. The van der Waals surface area contributed by atoms with E-state index in [1.165, 1.54) is 25.3 Å². The second-order valence-electron chi connectivity index (χ2n) is 5.41. The first kappa shape index (κ1) is 22.6. The Kier molecular flexibility index (Phi) is 6.55. The van der Waals surface area contributed by atoms with Crippen molar-refractivity contribution in [2.45, 2.75) is 0 Å². The molecule has 0 radical (unpaired) electrons. The summed E-state index contributed by atoms with van der Waals surface area (Å²) < 4.78 is 46.0. The second-order valence-corrected chi connectivity index (χ2v) is 6.43. The van der Waals surface area contributed by atoms with Crippen molar-refractivity contribution in [3.63, 3.8) is 0 Å². The molecule has 3 aromatic rings. The minimum Gasteiger partial charge on any atom is -0.868 e. The number of hydrogen-bond donors (Lipinski definition) is 1. The Morgan fingerprint density at radius 1 is 1.17 bits per heavy atom. The molecule has 0 unspecified atom stereocenters. The van der Waals surface area contributed by atoms with E-state index in [1.54, 1.807) is 0 Å². The molecule has 0 fully saturated rings. The Morgan fingerprint density at radius 3 is 2.45 bits per heavy atom. The molecule has 0 aliphatic heterocycles. The van der Waals surface area contributed by atoms with Gasteiger partial charge in [0.05, 0.1) is 17.4 Å². The molecule has 0 aliphatic rings. The molecule has 0 bridgehead atoms. The van der Waals surface area contributed by atoms with Crippen LogP contribution in [0, 0.1) is 10.1 Å². The quantitative estimate of drug-likeness (QED) is 0.220. The van der Waals surface area contributed by atoms with Crippen molar-refractivity contribution in [2.24, 2.45) is 0 Å². The van der Waals surface area contributed by atoms with E-state index in [4.69, 9.17) is 13.7 Å². The zero-order valence-corrected chi connectivity index (χ0v) is 17.8. The van der Waals surface area contributed by atoms with Crippen molar-refractivity contribution in [3.05, 3.63) is 56.7 Å². The van der Waals surface area contributed by atoms with Gasteiger partial charge in [0, 0.05) is 12.1 Å². The minimum absolute atomic E-state index is 0. The van der Waals surface area contributed by atoms with Crippen LogP contribution >= 0.6 is 0 Å². The van der Waals surface area contributed by atoms with Crippen LogP contribution in [0.1, 0.15) is 0 Å². The molecule has 3 rings (SSSR count). The summed E-state index contributed by atoms with van der Waals surface area (Å²) in [5, 5.41) is 22.6. The number of nitrogens with zero attached hydrogens (tertiary/aromatic N) is 1. The summed E-state index contributed by atoms with van der Waals surface area (Å²) in [6.45, 7) is 0. The smallest absolute Gasteiger partial charge is 0.868 e. The maximum absolute atomic E-state index is 12.9.